The standard InChI is InChI=1S/C9H15N3O/c1-10-9(13)12-7-2-3-11-8-5-6(8)4-7/h6-8,11H,1-5H2,(H,12,13). The van der Waals surface area contributed by atoms with E-state index in [-0.39, 0.29) is 6.03 Å². The number of nitrogens with one attached hydrogen (secondary N) is 2. The van der Waals surface area contributed by atoms with Gasteiger partial charge in [-0.15, -0.1) is 0 Å². The van der Waals surface area contributed by atoms with E-state index < -0.39 is 0 Å². The van der Waals surface area contributed by atoms with E-state index in [0.717, 1.165) is 31.3 Å². The molecule has 1 saturated heterocycles. The molecule has 0 aromatic carbocycles. The van der Waals surface area contributed by atoms with Crippen LogP contribution in [0.25, 0.3) is 0 Å². The topological polar surface area (TPSA) is 53.5 Å². The Bertz CT molecular complexity index is 229. The molecule has 1 heterocycles. The quantitative estimate of drug-likeness (QED) is 0.580. The fraction of sp³-hybridized carbons (Fsp3) is 0.778. The van der Waals surface area contributed by atoms with Crippen molar-refractivity contribution in [3.63, 3.8) is 0 Å². The van der Waals surface area contributed by atoms with Gasteiger partial charge in [-0.1, -0.05) is 0 Å². The molecule has 0 spiro atoms. The van der Waals surface area contributed by atoms with E-state index in [2.05, 4.69) is 22.3 Å². The fourth-order valence-electron chi connectivity index (χ4n) is 2.04. The molecule has 2 aliphatic rings. The minimum atomic E-state index is -0.288. The maximum atomic E-state index is 11.0. The second-order valence-corrected chi connectivity index (χ2v) is 3.89. The van der Waals surface area contributed by atoms with Gasteiger partial charge in [-0.3, -0.25) is 0 Å². The molecule has 3 unspecified atom stereocenters. The first-order valence-corrected chi connectivity index (χ1v) is 4.80. The predicted octanol–water partition coefficient (Wildman–Crippen LogP) is 0.537. The first-order valence-electron chi connectivity index (χ1n) is 4.80. The highest BCUT2D eigenvalue weighted by Gasteiger charge is 2.40. The third-order valence-electron chi connectivity index (χ3n) is 2.88. The monoisotopic (exact) mass is 181 g/mol. The molecule has 2 fully saturated rings. The molecule has 2 amide bonds. The number of carbonyl (C=O) groups is 1. The molecule has 2 rings (SSSR count). The lowest BCUT2D eigenvalue weighted by molar-refractivity contribution is 0.244. The zero-order valence-corrected chi connectivity index (χ0v) is 7.62. The van der Waals surface area contributed by atoms with Gasteiger partial charge in [0.05, 0.1) is 0 Å². The minimum absolute atomic E-state index is 0.288. The number of hydrogen-bond donors (Lipinski definition) is 2. The van der Waals surface area contributed by atoms with Gasteiger partial charge in [0.2, 0.25) is 0 Å². The van der Waals surface area contributed by atoms with Gasteiger partial charge in [0.25, 0.3) is 0 Å². The van der Waals surface area contributed by atoms with Crippen LogP contribution < -0.4 is 10.6 Å². The largest absolute Gasteiger partial charge is 0.340 e. The van der Waals surface area contributed by atoms with Crippen molar-refractivity contribution >= 4 is 12.7 Å². The van der Waals surface area contributed by atoms with Crippen LogP contribution in [-0.4, -0.2) is 31.4 Å². The van der Waals surface area contributed by atoms with Gasteiger partial charge < -0.3 is 10.6 Å². The molecule has 1 aliphatic heterocycles. The van der Waals surface area contributed by atoms with E-state index in [1.54, 1.807) is 0 Å². The maximum Gasteiger partial charge on any atom is 0.340 e. The zero-order valence-electron chi connectivity index (χ0n) is 7.62. The van der Waals surface area contributed by atoms with Crippen molar-refractivity contribution in [1.29, 1.82) is 0 Å². The van der Waals surface area contributed by atoms with Crippen LogP contribution in [0.1, 0.15) is 19.3 Å². The summed E-state index contributed by atoms with van der Waals surface area (Å²) >= 11 is 0. The fourth-order valence-corrected chi connectivity index (χ4v) is 2.04. The van der Waals surface area contributed by atoms with Crippen LogP contribution >= 0.6 is 0 Å². The molecule has 4 nitrogen and oxygen atoms in total. The van der Waals surface area contributed by atoms with Crippen LogP contribution in [0.4, 0.5) is 4.79 Å². The summed E-state index contributed by atoms with van der Waals surface area (Å²) in [7, 11) is 0. The van der Waals surface area contributed by atoms with Crippen LogP contribution in [0.5, 0.6) is 0 Å². The van der Waals surface area contributed by atoms with Gasteiger partial charge in [-0.05, 0) is 38.4 Å². The molecule has 0 bridgehead atoms. The first-order chi connectivity index (χ1) is 6.29. The van der Waals surface area contributed by atoms with Crippen LogP contribution in [0.3, 0.4) is 0 Å². The molecule has 3 atom stereocenters. The highest BCUT2D eigenvalue weighted by atomic mass is 16.2. The number of amides is 2. The lowest BCUT2D eigenvalue weighted by atomic mass is 10.1. The van der Waals surface area contributed by atoms with Gasteiger partial charge in [0.1, 0.15) is 0 Å². The number of rotatable bonds is 1. The molecular formula is C9H15N3O. The van der Waals surface area contributed by atoms with Gasteiger partial charge >= 0.3 is 6.03 Å². The molecule has 4 heteroatoms. The summed E-state index contributed by atoms with van der Waals surface area (Å²) in [5, 5.41) is 6.30. The van der Waals surface area contributed by atoms with Crippen molar-refractivity contribution in [2.24, 2.45) is 10.9 Å². The summed E-state index contributed by atoms with van der Waals surface area (Å²) in [6, 6.07) is 0.727. The zero-order chi connectivity index (χ0) is 9.26. The van der Waals surface area contributed by atoms with E-state index in [1.165, 1.54) is 6.42 Å². The molecular weight excluding hydrogens is 166 g/mol. The van der Waals surface area contributed by atoms with Crippen molar-refractivity contribution in [2.75, 3.05) is 6.54 Å². The van der Waals surface area contributed by atoms with Gasteiger partial charge in [-0.25, -0.2) is 9.79 Å². The highest BCUT2D eigenvalue weighted by Crippen LogP contribution is 2.36. The molecule has 72 valence electrons. The van der Waals surface area contributed by atoms with Gasteiger partial charge in [0.15, 0.2) is 0 Å². The molecule has 2 N–H and O–H groups in total. The van der Waals surface area contributed by atoms with E-state index in [0.29, 0.717) is 6.04 Å². The summed E-state index contributed by atoms with van der Waals surface area (Å²) in [5.41, 5.74) is 0. The predicted molar refractivity (Wildman–Crippen MR) is 51.0 cm³/mol. The first kappa shape index (κ1) is 8.69. The highest BCUT2D eigenvalue weighted by molar-refractivity contribution is 5.78. The third kappa shape index (κ3) is 2.06. The molecule has 1 aliphatic carbocycles. The Labute approximate surface area is 77.8 Å². The van der Waals surface area contributed by atoms with Crippen LogP contribution in [-0.2, 0) is 0 Å². The van der Waals surface area contributed by atoms with E-state index in [1.807, 2.05) is 0 Å². The Kier molecular flexibility index (Phi) is 2.31. The minimum Gasteiger partial charge on any atom is -0.333 e. The van der Waals surface area contributed by atoms with E-state index in [9.17, 15) is 4.79 Å². The SMILES string of the molecule is C=NC(=O)NC1CCNC2CC2C1. The van der Waals surface area contributed by atoms with Crippen molar-refractivity contribution < 1.29 is 4.79 Å². The number of aliphatic imine (C=N–C) groups is 1. The Morgan fingerprint density at radius 3 is 3.15 bits per heavy atom. The van der Waals surface area contributed by atoms with Crippen molar-refractivity contribution in [3.8, 4) is 0 Å². The number of nitrogens with zero attached hydrogens (tertiary/aromatic N) is 1. The Morgan fingerprint density at radius 1 is 1.54 bits per heavy atom. The summed E-state index contributed by atoms with van der Waals surface area (Å²) in [4.78, 5) is 14.3. The average molecular weight is 181 g/mol. The molecule has 0 radical (unpaired) electrons. The lowest BCUT2D eigenvalue weighted by Crippen LogP contribution is -2.34. The number of urea groups is 1. The maximum absolute atomic E-state index is 11.0. The van der Waals surface area contributed by atoms with E-state index in [4.69, 9.17) is 0 Å². The number of carbonyl (C=O) groups excluding carboxylic acids is 1. The summed E-state index contributed by atoms with van der Waals surface area (Å²) in [6.45, 7) is 4.20. The second-order valence-electron chi connectivity index (χ2n) is 3.89. The Hall–Kier alpha value is -0.900. The van der Waals surface area contributed by atoms with Crippen LogP contribution in [0.2, 0.25) is 0 Å². The molecule has 0 aromatic rings. The molecule has 13 heavy (non-hydrogen) atoms. The second kappa shape index (κ2) is 3.46. The lowest BCUT2D eigenvalue weighted by Gasteiger charge is -2.14. The Morgan fingerprint density at radius 2 is 2.38 bits per heavy atom. The van der Waals surface area contributed by atoms with Gasteiger partial charge in [0, 0.05) is 12.1 Å². The van der Waals surface area contributed by atoms with Crippen LogP contribution in [0.15, 0.2) is 4.99 Å². The molecule has 0 aromatic heterocycles. The van der Waals surface area contributed by atoms with Crippen LogP contribution in [0, 0.1) is 5.92 Å². The van der Waals surface area contributed by atoms with Crippen molar-refractivity contribution in [1.82, 2.24) is 10.6 Å². The number of fused-ring (bicyclic) bond motifs is 1. The summed E-state index contributed by atoms with van der Waals surface area (Å²) < 4.78 is 0. The van der Waals surface area contributed by atoms with Crippen molar-refractivity contribution in [2.45, 2.75) is 31.3 Å². The number of hydrogen-bond acceptors (Lipinski definition) is 2. The van der Waals surface area contributed by atoms with Crippen molar-refractivity contribution in [3.05, 3.63) is 0 Å². The summed E-state index contributed by atoms with van der Waals surface area (Å²) in [5.74, 6) is 0.776. The van der Waals surface area contributed by atoms with E-state index >= 15 is 0 Å². The summed E-state index contributed by atoms with van der Waals surface area (Å²) in [6.07, 6.45) is 3.38. The average Bonchev–Trinajstić information content (AvgIpc) is 2.82. The normalized spacial score (nSPS) is 37.1. The Balaban J connectivity index is 1.84. The third-order valence-corrected chi connectivity index (χ3v) is 2.88. The smallest absolute Gasteiger partial charge is 0.333 e. The molecule has 1 saturated carbocycles. The van der Waals surface area contributed by atoms with Gasteiger partial charge in [-0.2, -0.15) is 0 Å².